The van der Waals surface area contributed by atoms with Gasteiger partial charge in [0.05, 0.1) is 17.9 Å². The summed E-state index contributed by atoms with van der Waals surface area (Å²) in [5.74, 6) is 1.36. The van der Waals surface area contributed by atoms with Gasteiger partial charge in [-0.2, -0.15) is 10.1 Å². The Morgan fingerprint density at radius 3 is 2.72 bits per heavy atom. The van der Waals surface area contributed by atoms with Crippen molar-refractivity contribution in [1.82, 2.24) is 20.1 Å². The largest absolute Gasteiger partial charge is 0.459 e. The number of aliphatic hydroxyl groups excluding tert-OH is 1. The van der Waals surface area contributed by atoms with Gasteiger partial charge in [0.1, 0.15) is 0 Å². The number of carbonyl (C=O) groups excluding carboxylic acids is 1. The standard InChI is InChI=1S/C21H25N5O3/c1-3-18-22-20(25(2)24-18)26-12-11-21(17(27)14-26,15-8-5-4-6-9-15)23-19(28)16-10-7-13-29-16/h4-10,13,17,27H,3,11-12,14H2,1-2H3,(H,23,28)/t17-,21+/m1/s1. The van der Waals surface area contributed by atoms with Gasteiger partial charge < -0.3 is 19.7 Å². The SMILES string of the molecule is CCc1nc(N2CC[C@](NC(=O)c3ccco3)(c3ccccc3)[C@H](O)C2)n(C)n1. The molecule has 0 spiro atoms. The maximum absolute atomic E-state index is 12.8. The predicted octanol–water partition coefficient (Wildman–Crippen LogP) is 1.87. The van der Waals surface area contributed by atoms with Crippen molar-refractivity contribution >= 4 is 11.9 Å². The molecule has 1 aliphatic heterocycles. The molecule has 1 amide bonds. The summed E-state index contributed by atoms with van der Waals surface area (Å²) in [4.78, 5) is 19.4. The van der Waals surface area contributed by atoms with Crippen molar-refractivity contribution in [2.24, 2.45) is 7.05 Å². The second kappa shape index (κ2) is 7.71. The fraction of sp³-hybridized carbons (Fsp3) is 0.381. The van der Waals surface area contributed by atoms with E-state index in [-0.39, 0.29) is 11.7 Å². The zero-order chi connectivity index (χ0) is 20.4. The summed E-state index contributed by atoms with van der Waals surface area (Å²) in [6, 6.07) is 12.9. The molecule has 8 heteroatoms. The van der Waals surface area contributed by atoms with Gasteiger partial charge in [0.25, 0.3) is 5.91 Å². The summed E-state index contributed by atoms with van der Waals surface area (Å²) < 4.78 is 6.99. The van der Waals surface area contributed by atoms with Crippen LogP contribution in [0.3, 0.4) is 0 Å². The minimum absolute atomic E-state index is 0.218. The summed E-state index contributed by atoms with van der Waals surface area (Å²) in [5, 5.41) is 18.7. The molecule has 0 unspecified atom stereocenters. The van der Waals surface area contributed by atoms with Crippen molar-refractivity contribution in [2.75, 3.05) is 18.0 Å². The molecule has 3 aromatic rings. The van der Waals surface area contributed by atoms with E-state index in [4.69, 9.17) is 4.42 Å². The van der Waals surface area contributed by atoms with E-state index >= 15 is 0 Å². The first kappa shape index (κ1) is 19.2. The number of nitrogens with zero attached hydrogens (tertiary/aromatic N) is 4. The Balaban J connectivity index is 1.64. The van der Waals surface area contributed by atoms with E-state index in [0.29, 0.717) is 19.5 Å². The molecule has 1 aromatic carbocycles. The van der Waals surface area contributed by atoms with E-state index in [1.54, 1.807) is 16.8 Å². The third-order valence-electron chi connectivity index (χ3n) is 5.49. The van der Waals surface area contributed by atoms with Crippen LogP contribution >= 0.6 is 0 Å². The molecule has 8 nitrogen and oxygen atoms in total. The van der Waals surface area contributed by atoms with Crippen LogP contribution in [-0.4, -0.2) is 45.0 Å². The van der Waals surface area contributed by atoms with Crippen LogP contribution in [0.1, 0.15) is 35.3 Å². The molecule has 152 valence electrons. The first-order chi connectivity index (χ1) is 14.0. The number of aryl methyl sites for hydroxylation is 2. The molecule has 1 aliphatic rings. The zero-order valence-electron chi connectivity index (χ0n) is 16.6. The summed E-state index contributed by atoms with van der Waals surface area (Å²) in [7, 11) is 1.85. The van der Waals surface area contributed by atoms with Crippen LogP contribution in [-0.2, 0) is 19.0 Å². The van der Waals surface area contributed by atoms with Gasteiger partial charge in [-0.15, -0.1) is 0 Å². The molecule has 2 aromatic heterocycles. The number of hydrogen-bond donors (Lipinski definition) is 2. The third kappa shape index (κ3) is 3.51. The van der Waals surface area contributed by atoms with Gasteiger partial charge in [-0.25, -0.2) is 4.68 Å². The zero-order valence-corrected chi connectivity index (χ0v) is 16.6. The first-order valence-corrected chi connectivity index (χ1v) is 9.78. The van der Waals surface area contributed by atoms with Crippen LogP contribution < -0.4 is 10.2 Å². The minimum Gasteiger partial charge on any atom is -0.459 e. The Morgan fingerprint density at radius 1 is 1.31 bits per heavy atom. The molecule has 0 saturated carbocycles. The number of nitrogens with one attached hydrogen (secondary N) is 1. The Morgan fingerprint density at radius 2 is 2.10 bits per heavy atom. The third-order valence-corrected chi connectivity index (χ3v) is 5.49. The van der Waals surface area contributed by atoms with Gasteiger partial charge in [0.2, 0.25) is 5.95 Å². The van der Waals surface area contributed by atoms with E-state index in [9.17, 15) is 9.90 Å². The molecule has 0 aliphatic carbocycles. The van der Waals surface area contributed by atoms with Gasteiger partial charge in [-0.1, -0.05) is 37.3 Å². The summed E-state index contributed by atoms with van der Waals surface area (Å²) in [6.07, 6.45) is 1.87. The maximum atomic E-state index is 12.8. The fourth-order valence-electron chi connectivity index (χ4n) is 3.93. The number of hydrogen-bond acceptors (Lipinski definition) is 6. The lowest BCUT2D eigenvalue weighted by Gasteiger charge is -2.46. The smallest absolute Gasteiger partial charge is 0.287 e. The van der Waals surface area contributed by atoms with E-state index in [1.807, 2.05) is 49.2 Å². The number of aliphatic hydroxyl groups is 1. The van der Waals surface area contributed by atoms with Crippen LogP contribution in [0.15, 0.2) is 53.1 Å². The Hall–Kier alpha value is -3.13. The number of aromatic nitrogens is 3. The second-order valence-corrected chi connectivity index (χ2v) is 7.29. The average Bonchev–Trinajstić information content (AvgIpc) is 3.40. The predicted molar refractivity (Wildman–Crippen MR) is 108 cm³/mol. The molecule has 1 fully saturated rings. The van der Waals surface area contributed by atoms with E-state index < -0.39 is 11.6 Å². The molecule has 2 atom stereocenters. The van der Waals surface area contributed by atoms with Crippen molar-refractivity contribution in [3.63, 3.8) is 0 Å². The number of furan rings is 1. The van der Waals surface area contributed by atoms with Crippen molar-refractivity contribution in [1.29, 1.82) is 0 Å². The normalized spacial score (nSPS) is 21.9. The van der Waals surface area contributed by atoms with Crippen LogP contribution in [0.2, 0.25) is 0 Å². The molecule has 3 heterocycles. The highest BCUT2D eigenvalue weighted by Gasteiger charge is 2.46. The number of benzene rings is 1. The molecule has 1 saturated heterocycles. The maximum Gasteiger partial charge on any atom is 0.287 e. The lowest BCUT2D eigenvalue weighted by Crippen LogP contribution is -2.62. The van der Waals surface area contributed by atoms with E-state index in [0.717, 1.165) is 23.8 Å². The number of β-amino-alcohol motifs (C(OH)–C–C–N with tert-alkyl or cyclic N) is 1. The highest BCUT2D eigenvalue weighted by Crippen LogP contribution is 2.35. The second-order valence-electron chi connectivity index (χ2n) is 7.29. The fourth-order valence-corrected chi connectivity index (χ4v) is 3.93. The van der Waals surface area contributed by atoms with Gasteiger partial charge in [0.15, 0.2) is 11.6 Å². The van der Waals surface area contributed by atoms with Crippen molar-refractivity contribution in [3.05, 3.63) is 65.9 Å². The highest BCUT2D eigenvalue weighted by molar-refractivity contribution is 5.92. The summed E-state index contributed by atoms with van der Waals surface area (Å²) in [6.45, 7) is 2.94. The Bertz CT molecular complexity index is 970. The molecule has 2 N–H and O–H groups in total. The quantitative estimate of drug-likeness (QED) is 0.685. The number of carbonyl (C=O) groups is 1. The number of piperidine rings is 1. The van der Waals surface area contributed by atoms with Crippen LogP contribution in [0, 0.1) is 0 Å². The van der Waals surface area contributed by atoms with Gasteiger partial charge >= 0.3 is 0 Å². The molecule has 0 bridgehead atoms. The molecular weight excluding hydrogens is 370 g/mol. The summed E-state index contributed by atoms with van der Waals surface area (Å²) >= 11 is 0. The van der Waals surface area contributed by atoms with E-state index in [2.05, 4.69) is 15.4 Å². The Kier molecular flexibility index (Phi) is 5.10. The van der Waals surface area contributed by atoms with Crippen molar-refractivity contribution in [3.8, 4) is 0 Å². The highest BCUT2D eigenvalue weighted by atomic mass is 16.3. The average molecular weight is 395 g/mol. The topological polar surface area (TPSA) is 96.4 Å². The summed E-state index contributed by atoms with van der Waals surface area (Å²) in [5.41, 5.74) is -0.0624. The van der Waals surface area contributed by atoms with Crippen molar-refractivity contribution in [2.45, 2.75) is 31.4 Å². The van der Waals surface area contributed by atoms with Crippen LogP contribution in [0.4, 0.5) is 5.95 Å². The van der Waals surface area contributed by atoms with Gasteiger partial charge in [-0.05, 0) is 24.1 Å². The lowest BCUT2D eigenvalue weighted by molar-refractivity contribution is 0.0350. The minimum atomic E-state index is -0.923. The number of anilines is 1. The van der Waals surface area contributed by atoms with Gasteiger partial charge in [0, 0.05) is 26.6 Å². The van der Waals surface area contributed by atoms with Gasteiger partial charge in [-0.3, -0.25) is 4.79 Å². The molecule has 0 radical (unpaired) electrons. The molecule has 29 heavy (non-hydrogen) atoms. The van der Waals surface area contributed by atoms with Crippen LogP contribution in [0.25, 0.3) is 0 Å². The molecule has 4 rings (SSSR count). The lowest BCUT2D eigenvalue weighted by atomic mass is 9.78. The van der Waals surface area contributed by atoms with Crippen molar-refractivity contribution < 1.29 is 14.3 Å². The van der Waals surface area contributed by atoms with Crippen LogP contribution in [0.5, 0.6) is 0 Å². The monoisotopic (exact) mass is 395 g/mol. The van der Waals surface area contributed by atoms with E-state index in [1.165, 1.54) is 6.26 Å². The molecular formula is C21H25N5O3. The number of rotatable bonds is 5. The Labute approximate surface area is 169 Å². The first-order valence-electron chi connectivity index (χ1n) is 9.78. The number of amides is 1.